The Labute approximate surface area is 125 Å². The third-order valence-electron chi connectivity index (χ3n) is 3.52. The average molecular weight is 343 g/mol. The molecule has 2 heterocycles. The first kappa shape index (κ1) is 16.7. The molecule has 1 aromatic rings. The molecule has 0 bridgehead atoms. The number of hydrogen-bond acceptors (Lipinski definition) is 4. The molecule has 9 heteroatoms. The molecule has 1 aliphatic rings. The standard InChI is InChI=1S/C12H16F3NO3S2/c13-12(14,15)10-3-4-11(20-10)21(18,19)16-6-1-2-9(8-17)5-7-16/h3-4,9,17H,1-2,5-8H2. The van der Waals surface area contributed by atoms with Gasteiger partial charge in [0.05, 0.1) is 0 Å². The van der Waals surface area contributed by atoms with Crippen LogP contribution in [0.2, 0.25) is 0 Å². The average Bonchev–Trinajstić information content (AvgIpc) is 2.78. The molecule has 1 saturated heterocycles. The molecule has 1 aliphatic heterocycles. The highest BCUT2D eigenvalue weighted by molar-refractivity contribution is 7.91. The number of thiophene rings is 1. The Morgan fingerprint density at radius 2 is 2.00 bits per heavy atom. The Bertz CT molecular complexity index is 583. The Balaban J connectivity index is 2.20. The van der Waals surface area contributed by atoms with E-state index in [2.05, 4.69) is 0 Å². The van der Waals surface area contributed by atoms with Crippen LogP contribution in [-0.4, -0.2) is 37.5 Å². The van der Waals surface area contributed by atoms with Crippen LogP contribution in [0, 0.1) is 5.92 Å². The van der Waals surface area contributed by atoms with Gasteiger partial charge in [0.25, 0.3) is 10.0 Å². The summed E-state index contributed by atoms with van der Waals surface area (Å²) in [4.78, 5) is -0.913. The van der Waals surface area contributed by atoms with Crippen molar-refractivity contribution in [1.82, 2.24) is 4.31 Å². The molecule has 1 aromatic heterocycles. The first-order valence-corrected chi connectivity index (χ1v) is 8.79. The summed E-state index contributed by atoms with van der Waals surface area (Å²) < 4.78 is 63.4. The molecule has 0 radical (unpaired) electrons. The van der Waals surface area contributed by atoms with Crippen molar-refractivity contribution >= 4 is 21.4 Å². The lowest BCUT2D eigenvalue weighted by Gasteiger charge is -2.19. The molecular weight excluding hydrogens is 327 g/mol. The largest absolute Gasteiger partial charge is 0.425 e. The van der Waals surface area contributed by atoms with E-state index in [1.807, 2.05) is 0 Å². The molecule has 21 heavy (non-hydrogen) atoms. The summed E-state index contributed by atoms with van der Waals surface area (Å²) in [6.45, 7) is 0.510. The monoisotopic (exact) mass is 343 g/mol. The topological polar surface area (TPSA) is 57.6 Å². The number of sulfonamides is 1. The van der Waals surface area contributed by atoms with Gasteiger partial charge in [0, 0.05) is 19.7 Å². The maximum Gasteiger partial charge on any atom is 0.425 e. The van der Waals surface area contributed by atoms with Crippen LogP contribution >= 0.6 is 11.3 Å². The van der Waals surface area contributed by atoms with Crippen molar-refractivity contribution in [2.75, 3.05) is 19.7 Å². The molecule has 4 nitrogen and oxygen atoms in total. The lowest BCUT2D eigenvalue weighted by Crippen LogP contribution is -2.31. The summed E-state index contributed by atoms with van der Waals surface area (Å²) in [5, 5.41) is 9.12. The number of hydrogen-bond donors (Lipinski definition) is 1. The number of halogens is 3. The first-order chi connectivity index (χ1) is 9.75. The van der Waals surface area contributed by atoms with Gasteiger partial charge in [-0.05, 0) is 37.3 Å². The third-order valence-corrected chi connectivity index (χ3v) is 7.02. The van der Waals surface area contributed by atoms with Gasteiger partial charge in [-0.25, -0.2) is 8.42 Å². The predicted molar refractivity (Wildman–Crippen MR) is 72.5 cm³/mol. The van der Waals surface area contributed by atoms with Gasteiger partial charge in [-0.1, -0.05) is 0 Å². The molecule has 0 aromatic carbocycles. The summed E-state index contributed by atoms with van der Waals surface area (Å²) in [6.07, 6.45) is -2.69. The SMILES string of the molecule is O=S(=O)(c1ccc(C(F)(F)F)s1)N1CCCC(CO)CC1. The van der Waals surface area contributed by atoms with E-state index in [-0.39, 0.29) is 41.2 Å². The molecular formula is C12H16F3NO3S2. The van der Waals surface area contributed by atoms with Crippen molar-refractivity contribution < 1.29 is 26.7 Å². The highest BCUT2D eigenvalue weighted by Gasteiger charge is 2.35. The van der Waals surface area contributed by atoms with E-state index in [0.717, 1.165) is 18.6 Å². The molecule has 120 valence electrons. The van der Waals surface area contributed by atoms with Gasteiger partial charge in [0.2, 0.25) is 0 Å². The Morgan fingerprint density at radius 3 is 2.57 bits per heavy atom. The number of alkyl halides is 3. The van der Waals surface area contributed by atoms with Gasteiger partial charge in [0.15, 0.2) is 0 Å². The molecule has 1 atom stereocenters. The molecule has 1 N–H and O–H groups in total. The van der Waals surface area contributed by atoms with Gasteiger partial charge in [0.1, 0.15) is 9.09 Å². The lowest BCUT2D eigenvalue weighted by atomic mass is 10.0. The van der Waals surface area contributed by atoms with Crippen LogP contribution in [0.4, 0.5) is 13.2 Å². The second kappa shape index (κ2) is 6.23. The number of aliphatic hydroxyl groups is 1. The van der Waals surface area contributed by atoms with Gasteiger partial charge in [-0.3, -0.25) is 0 Å². The molecule has 1 unspecified atom stereocenters. The zero-order valence-corrected chi connectivity index (χ0v) is 12.8. The van der Waals surface area contributed by atoms with Crippen LogP contribution in [0.3, 0.4) is 0 Å². The second-order valence-electron chi connectivity index (χ2n) is 5.00. The minimum atomic E-state index is -4.53. The van der Waals surface area contributed by atoms with E-state index in [1.165, 1.54) is 4.31 Å². The van der Waals surface area contributed by atoms with Crippen LogP contribution in [-0.2, 0) is 16.2 Å². The summed E-state index contributed by atoms with van der Waals surface area (Å²) in [5.41, 5.74) is 0. The predicted octanol–water partition coefficient (Wildman–Crippen LogP) is 2.55. The van der Waals surface area contributed by atoms with Crippen LogP contribution in [0.25, 0.3) is 0 Å². The number of aliphatic hydroxyl groups excluding tert-OH is 1. The van der Waals surface area contributed by atoms with Crippen molar-refractivity contribution in [3.63, 3.8) is 0 Å². The molecule has 1 fully saturated rings. The van der Waals surface area contributed by atoms with Crippen molar-refractivity contribution in [3.05, 3.63) is 17.0 Å². The highest BCUT2D eigenvalue weighted by atomic mass is 32.2. The zero-order valence-electron chi connectivity index (χ0n) is 11.1. The molecule has 0 amide bonds. The van der Waals surface area contributed by atoms with E-state index < -0.39 is 21.1 Å². The van der Waals surface area contributed by atoms with Gasteiger partial charge < -0.3 is 5.11 Å². The molecule has 0 aliphatic carbocycles. The molecule has 2 rings (SSSR count). The maximum atomic E-state index is 12.6. The number of rotatable bonds is 3. The third kappa shape index (κ3) is 3.77. The van der Waals surface area contributed by atoms with E-state index >= 15 is 0 Å². The number of nitrogens with zero attached hydrogens (tertiary/aromatic N) is 1. The van der Waals surface area contributed by atoms with Crippen LogP contribution in [0.1, 0.15) is 24.1 Å². The molecule has 0 saturated carbocycles. The minimum absolute atomic E-state index is 0.00507. The smallest absolute Gasteiger partial charge is 0.396 e. The van der Waals surface area contributed by atoms with E-state index in [9.17, 15) is 21.6 Å². The maximum absolute atomic E-state index is 12.6. The Kier molecular flexibility index (Phi) is 4.96. The summed E-state index contributed by atoms with van der Waals surface area (Å²) in [6, 6.07) is 1.81. The van der Waals surface area contributed by atoms with Crippen LogP contribution in [0.5, 0.6) is 0 Å². The van der Waals surface area contributed by atoms with Gasteiger partial charge in [-0.15, -0.1) is 11.3 Å². The Morgan fingerprint density at radius 1 is 1.29 bits per heavy atom. The first-order valence-electron chi connectivity index (χ1n) is 6.53. The van der Waals surface area contributed by atoms with Crippen molar-refractivity contribution in [2.24, 2.45) is 5.92 Å². The van der Waals surface area contributed by atoms with Crippen LogP contribution in [0.15, 0.2) is 16.3 Å². The second-order valence-corrected chi connectivity index (χ2v) is 8.25. The fourth-order valence-corrected chi connectivity index (χ4v) is 5.12. The zero-order chi connectivity index (χ0) is 15.7. The van der Waals surface area contributed by atoms with Crippen LogP contribution < -0.4 is 0 Å². The lowest BCUT2D eigenvalue weighted by molar-refractivity contribution is -0.134. The van der Waals surface area contributed by atoms with E-state index in [0.29, 0.717) is 12.8 Å². The quantitative estimate of drug-likeness (QED) is 0.918. The highest BCUT2D eigenvalue weighted by Crippen LogP contribution is 2.37. The minimum Gasteiger partial charge on any atom is -0.396 e. The van der Waals surface area contributed by atoms with Crippen molar-refractivity contribution in [1.29, 1.82) is 0 Å². The normalized spacial score (nSPS) is 22.2. The van der Waals surface area contributed by atoms with Gasteiger partial charge in [-0.2, -0.15) is 17.5 Å². The van der Waals surface area contributed by atoms with Gasteiger partial charge >= 0.3 is 6.18 Å². The fraction of sp³-hybridized carbons (Fsp3) is 0.667. The van der Waals surface area contributed by atoms with E-state index in [1.54, 1.807) is 0 Å². The Hall–Kier alpha value is -0.640. The van der Waals surface area contributed by atoms with Crippen molar-refractivity contribution in [2.45, 2.75) is 29.6 Å². The fourth-order valence-electron chi connectivity index (χ4n) is 2.30. The van der Waals surface area contributed by atoms with E-state index in [4.69, 9.17) is 5.11 Å². The summed E-state index contributed by atoms with van der Waals surface area (Å²) in [7, 11) is -3.89. The van der Waals surface area contributed by atoms with Crippen molar-refractivity contribution in [3.8, 4) is 0 Å². The summed E-state index contributed by atoms with van der Waals surface area (Å²) in [5.74, 6) is 0.0549. The molecule has 0 spiro atoms. The summed E-state index contributed by atoms with van der Waals surface area (Å²) >= 11 is 0.250.